The first kappa shape index (κ1) is 14.6. The molecule has 18 heavy (non-hydrogen) atoms. The van der Waals surface area contributed by atoms with Crippen LogP contribution in [0.3, 0.4) is 0 Å². The molecule has 0 aliphatic heterocycles. The van der Waals surface area contributed by atoms with E-state index in [1.807, 2.05) is 24.1 Å². The van der Waals surface area contributed by atoms with Crippen LogP contribution in [-0.2, 0) is 11.2 Å². The Morgan fingerprint density at radius 1 is 1.44 bits per heavy atom. The Balaban J connectivity index is 2.20. The zero-order valence-electron chi connectivity index (χ0n) is 10.6. The molecule has 0 bridgehead atoms. The van der Waals surface area contributed by atoms with Crippen molar-refractivity contribution in [1.82, 2.24) is 9.88 Å². The van der Waals surface area contributed by atoms with Gasteiger partial charge in [0.25, 0.3) is 0 Å². The molecule has 1 unspecified atom stereocenters. The number of rotatable bonds is 8. The van der Waals surface area contributed by atoms with Crippen LogP contribution in [0.15, 0.2) is 24.5 Å². The Hall–Kier alpha value is -1.46. The average Bonchev–Trinajstić information content (AvgIpc) is 2.35. The Morgan fingerprint density at radius 2 is 2.11 bits per heavy atom. The number of aliphatic hydroxyl groups is 1. The van der Waals surface area contributed by atoms with Gasteiger partial charge in [0.15, 0.2) is 0 Å². The lowest BCUT2D eigenvalue weighted by atomic mass is 10.1. The summed E-state index contributed by atoms with van der Waals surface area (Å²) in [4.78, 5) is 16.3. The van der Waals surface area contributed by atoms with Crippen molar-refractivity contribution in [2.24, 2.45) is 0 Å². The maximum absolute atomic E-state index is 10.4. The minimum atomic E-state index is -0.867. The van der Waals surface area contributed by atoms with Crippen LogP contribution in [0.25, 0.3) is 0 Å². The second-order valence-corrected chi connectivity index (χ2v) is 4.45. The molecule has 0 aliphatic rings. The third kappa shape index (κ3) is 6.32. The highest BCUT2D eigenvalue weighted by Crippen LogP contribution is 2.02. The Labute approximate surface area is 107 Å². The summed E-state index contributed by atoms with van der Waals surface area (Å²) in [6, 6.07) is 3.93. The summed E-state index contributed by atoms with van der Waals surface area (Å²) >= 11 is 0. The molecule has 1 aromatic rings. The van der Waals surface area contributed by atoms with E-state index in [9.17, 15) is 9.90 Å². The quantitative estimate of drug-likeness (QED) is 0.715. The monoisotopic (exact) mass is 252 g/mol. The fraction of sp³-hybridized carbons (Fsp3) is 0.538. The minimum absolute atomic E-state index is 0.0133. The van der Waals surface area contributed by atoms with Crippen molar-refractivity contribution in [3.8, 4) is 0 Å². The van der Waals surface area contributed by atoms with E-state index in [0.29, 0.717) is 13.0 Å². The van der Waals surface area contributed by atoms with Gasteiger partial charge in [0.05, 0.1) is 6.10 Å². The number of carboxylic acid groups (broad SMARTS) is 1. The summed E-state index contributed by atoms with van der Waals surface area (Å²) in [5.74, 6) is -0.867. The highest BCUT2D eigenvalue weighted by atomic mass is 16.4. The molecule has 5 nitrogen and oxygen atoms in total. The molecule has 0 spiro atoms. The van der Waals surface area contributed by atoms with Gasteiger partial charge in [-0.25, -0.2) is 0 Å². The minimum Gasteiger partial charge on any atom is -0.481 e. The molecule has 1 atom stereocenters. The smallest absolute Gasteiger partial charge is 0.303 e. The van der Waals surface area contributed by atoms with Gasteiger partial charge in [0.1, 0.15) is 0 Å². The van der Waals surface area contributed by atoms with Gasteiger partial charge in [0.2, 0.25) is 0 Å². The molecule has 1 rings (SSSR count). The van der Waals surface area contributed by atoms with Crippen molar-refractivity contribution in [1.29, 1.82) is 0 Å². The molecule has 5 heteroatoms. The number of aliphatic hydroxyl groups excluding tert-OH is 1. The van der Waals surface area contributed by atoms with Crippen LogP contribution in [0, 0.1) is 0 Å². The van der Waals surface area contributed by atoms with Gasteiger partial charge in [-0.1, -0.05) is 0 Å². The van der Waals surface area contributed by atoms with E-state index in [4.69, 9.17) is 5.11 Å². The number of hydrogen-bond donors (Lipinski definition) is 2. The zero-order chi connectivity index (χ0) is 13.4. The fourth-order valence-corrected chi connectivity index (χ4v) is 1.70. The molecule has 0 radical (unpaired) electrons. The third-order valence-electron chi connectivity index (χ3n) is 2.75. The third-order valence-corrected chi connectivity index (χ3v) is 2.75. The van der Waals surface area contributed by atoms with Gasteiger partial charge in [-0.15, -0.1) is 0 Å². The molecule has 0 aliphatic carbocycles. The fourth-order valence-electron chi connectivity index (χ4n) is 1.70. The van der Waals surface area contributed by atoms with E-state index in [2.05, 4.69) is 4.98 Å². The highest BCUT2D eigenvalue weighted by molar-refractivity contribution is 5.66. The van der Waals surface area contributed by atoms with Crippen molar-refractivity contribution < 1.29 is 15.0 Å². The number of hydrogen-bond acceptors (Lipinski definition) is 4. The van der Waals surface area contributed by atoms with Crippen molar-refractivity contribution in [3.63, 3.8) is 0 Å². The highest BCUT2D eigenvalue weighted by Gasteiger charge is 2.10. The van der Waals surface area contributed by atoms with E-state index >= 15 is 0 Å². The zero-order valence-corrected chi connectivity index (χ0v) is 10.6. The summed E-state index contributed by atoms with van der Waals surface area (Å²) < 4.78 is 0. The summed E-state index contributed by atoms with van der Waals surface area (Å²) in [6.07, 6.45) is 4.15. The van der Waals surface area contributed by atoms with Crippen molar-refractivity contribution in [3.05, 3.63) is 30.1 Å². The molecule has 0 saturated heterocycles. The first-order chi connectivity index (χ1) is 8.58. The van der Waals surface area contributed by atoms with Gasteiger partial charge >= 0.3 is 5.97 Å². The Morgan fingerprint density at radius 3 is 2.72 bits per heavy atom. The van der Waals surface area contributed by atoms with E-state index in [-0.39, 0.29) is 6.42 Å². The van der Waals surface area contributed by atoms with Gasteiger partial charge in [-0.3, -0.25) is 9.78 Å². The Bertz CT molecular complexity index is 357. The maximum atomic E-state index is 10.4. The van der Waals surface area contributed by atoms with Gasteiger partial charge in [0, 0.05) is 31.9 Å². The molecule has 0 aromatic carbocycles. The second-order valence-electron chi connectivity index (χ2n) is 4.45. The van der Waals surface area contributed by atoms with Crippen LogP contribution < -0.4 is 0 Å². The van der Waals surface area contributed by atoms with Crippen LogP contribution in [-0.4, -0.2) is 52.3 Å². The largest absolute Gasteiger partial charge is 0.481 e. The SMILES string of the molecule is CN(CCc1ccncc1)CC(O)CCC(=O)O. The number of carbonyl (C=O) groups is 1. The number of aromatic nitrogens is 1. The number of pyridine rings is 1. The normalized spacial score (nSPS) is 12.6. The summed E-state index contributed by atoms with van der Waals surface area (Å²) in [5, 5.41) is 18.2. The number of aliphatic carboxylic acids is 1. The lowest BCUT2D eigenvalue weighted by Gasteiger charge is -2.20. The number of likely N-dealkylation sites (N-methyl/N-ethyl adjacent to an activating group) is 1. The van der Waals surface area contributed by atoms with Gasteiger partial charge in [-0.2, -0.15) is 0 Å². The first-order valence-corrected chi connectivity index (χ1v) is 6.05. The first-order valence-electron chi connectivity index (χ1n) is 6.05. The number of carboxylic acids is 1. The van der Waals surface area contributed by atoms with Crippen LogP contribution in [0.2, 0.25) is 0 Å². The van der Waals surface area contributed by atoms with Crippen molar-refractivity contribution in [2.45, 2.75) is 25.4 Å². The molecular weight excluding hydrogens is 232 g/mol. The van der Waals surface area contributed by atoms with Crippen LogP contribution in [0.1, 0.15) is 18.4 Å². The van der Waals surface area contributed by atoms with Crippen molar-refractivity contribution in [2.75, 3.05) is 20.1 Å². The van der Waals surface area contributed by atoms with Crippen LogP contribution in [0.4, 0.5) is 0 Å². The summed E-state index contributed by atoms with van der Waals surface area (Å²) in [5.41, 5.74) is 1.21. The van der Waals surface area contributed by atoms with Gasteiger partial charge in [-0.05, 0) is 37.6 Å². The molecule has 0 saturated carbocycles. The number of nitrogens with zero attached hydrogens (tertiary/aromatic N) is 2. The summed E-state index contributed by atoms with van der Waals surface area (Å²) in [7, 11) is 1.92. The molecule has 1 aromatic heterocycles. The van der Waals surface area contributed by atoms with E-state index in [1.54, 1.807) is 12.4 Å². The molecule has 100 valence electrons. The van der Waals surface area contributed by atoms with E-state index < -0.39 is 12.1 Å². The maximum Gasteiger partial charge on any atom is 0.303 e. The van der Waals surface area contributed by atoms with Crippen molar-refractivity contribution >= 4 is 5.97 Å². The summed E-state index contributed by atoms with van der Waals surface area (Å²) in [6.45, 7) is 1.33. The van der Waals surface area contributed by atoms with Crippen LogP contribution in [0.5, 0.6) is 0 Å². The second kappa shape index (κ2) is 7.79. The lowest BCUT2D eigenvalue weighted by Crippen LogP contribution is -2.31. The average molecular weight is 252 g/mol. The van der Waals surface area contributed by atoms with E-state index in [1.165, 1.54) is 5.56 Å². The van der Waals surface area contributed by atoms with Crippen LogP contribution >= 0.6 is 0 Å². The predicted octanol–water partition coefficient (Wildman–Crippen LogP) is 0.782. The van der Waals surface area contributed by atoms with Gasteiger partial charge < -0.3 is 15.1 Å². The molecule has 2 N–H and O–H groups in total. The standard InChI is InChI=1S/C13H20N2O3/c1-15(10-12(16)2-3-13(17)18)9-6-11-4-7-14-8-5-11/h4-5,7-8,12,16H,2-3,6,9-10H2,1H3,(H,17,18). The topological polar surface area (TPSA) is 73.7 Å². The Kier molecular flexibility index (Phi) is 6.32. The predicted molar refractivity (Wildman–Crippen MR) is 68.3 cm³/mol. The molecule has 0 amide bonds. The molecule has 0 fully saturated rings. The molecule has 1 heterocycles. The lowest BCUT2D eigenvalue weighted by molar-refractivity contribution is -0.137. The molecular formula is C13H20N2O3. The van der Waals surface area contributed by atoms with E-state index in [0.717, 1.165) is 13.0 Å².